The van der Waals surface area contributed by atoms with Crippen molar-refractivity contribution < 1.29 is 24.2 Å². The van der Waals surface area contributed by atoms with Crippen LogP contribution in [-0.4, -0.2) is 41.8 Å². The normalized spacial score (nSPS) is 24.4. The molecule has 3 rings (SSSR count). The van der Waals surface area contributed by atoms with Gasteiger partial charge in [0, 0.05) is 12.6 Å². The molecule has 3 atom stereocenters. The molecule has 2 N–H and O–H groups in total. The van der Waals surface area contributed by atoms with Gasteiger partial charge >= 0.3 is 11.9 Å². The average Bonchev–Trinajstić information content (AvgIpc) is 3.10. The van der Waals surface area contributed by atoms with Crippen molar-refractivity contribution in [3.05, 3.63) is 59.9 Å². The van der Waals surface area contributed by atoms with E-state index in [9.17, 15) is 14.7 Å². The van der Waals surface area contributed by atoms with Crippen molar-refractivity contribution in [2.75, 3.05) is 14.2 Å². The number of benzene rings is 1. The molecule has 1 aromatic carbocycles. The van der Waals surface area contributed by atoms with Crippen LogP contribution in [-0.2, 0) is 25.5 Å². The second kappa shape index (κ2) is 7.75. The topological polar surface area (TPSA) is 97.8 Å². The molecule has 0 saturated carbocycles. The summed E-state index contributed by atoms with van der Waals surface area (Å²) in [7, 11) is 2.65. The summed E-state index contributed by atoms with van der Waals surface area (Å²) >= 11 is 0. The van der Waals surface area contributed by atoms with Crippen LogP contribution in [0.2, 0.25) is 0 Å². The molecular weight excluding hydrogens is 348 g/mol. The first kappa shape index (κ1) is 18.8. The number of aromatic hydroxyl groups is 1. The Kier molecular flexibility index (Phi) is 5.41. The van der Waals surface area contributed by atoms with Crippen molar-refractivity contribution in [2.45, 2.75) is 24.4 Å². The van der Waals surface area contributed by atoms with E-state index in [4.69, 9.17) is 9.47 Å². The van der Waals surface area contributed by atoms with Gasteiger partial charge in [-0.1, -0.05) is 18.2 Å². The third-order valence-electron chi connectivity index (χ3n) is 4.93. The molecule has 142 valence electrons. The molecule has 1 fully saturated rings. The highest BCUT2D eigenvalue weighted by Gasteiger charge is 2.54. The van der Waals surface area contributed by atoms with E-state index in [2.05, 4.69) is 10.3 Å². The summed E-state index contributed by atoms with van der Waals surface area (Å²) in [6, 6.07) is 11.5. The first-order chi connectivity index (χ1) is 13.0. The zero-order valence-corrected chi connectivity index (χ0v) is 15.2. The zero-order valence-electron chi connectivity index (χ0n) is 15.2. The van der Waals surface area contributed by atoms with E-state index in [1.807, 2.05) is 12.1 Å². The van der Waals surface area contributed by atoms with Crippen molar-refractivity contribution in [3.63, 3.8) is 0 Å². The number of aromatic nitrogens is 1. The number of rotatable bonds is 5. The van der Waals surface area contributed by atoms with E-state index in [0.717, 1.165) is 5.56 Å². The molecule has 0 amide bonds. The van der Waals surface area contributed by atoms with Gasteiger partial charge in [0.25, 0.3) is 0 Å². The monoisotopic (exact) mass is 370 g/mol. The lowest BCUT2D eigenvalue weighted by Gasteiger charge is -2.27. The van der Waals surface area contributed by atoms with Gasteiger partial charge in [0.2, 0.25) is 0 Å². The Morgan fingerprint density at radius 2 is 1.93 bits per heavy atom. The van der Waals surface area contributed by atoms with E-state index < -0.39 is 29.4 Å². The highest BCUT2D eigenvalue weighted by atomic mass is 16.5. The fourth-order valence-electron chi connectivity index (χ4n) is 3.66. The first-order valence-corrected chi connectivity index (χ1v) is 8.62. The van der Waals surface area contributed by atoms with E-state index in [0.29, 0.717) is 12.1 Å². The number of carbonyl (C=O) groups is 2. The summed E-state index contributed by atoms with van der Waals surface area (Å²) in [4.78, 5) is 29.5. The highest BCUT2D eigenvalue weighted by Crippen LogP contribution is 2.40. The maximum atomic E-state index is 12.7. The largest absolute Gasteiger partial charge is 0.508 e. The third kappa shape index (κ3) is 3.78. The van der Waals surface area contributed by atoms with Gasteiger partial charge < -0.3 is 14.6 Å². The molecule has 0 aliphatic carbocycles. The van der Waals surface area contributed by atoms with Gasteiger partial charge in [-0.25, -0.2) is 0 Å². The molecular formula is C20H22N2O5. The van der Waals surface area contributed by atoms with E-state index >= 15 is 0 Å². The lowest BCUT2D eigenvalue weighted by Crippen LogP contribution is -2.50. The summed E-state index contributed by atoms with van der Waals surface area (Å²) < 4.78 is 10.0. The number of methoxy groups -OCH3 is 2. The van der Waals surface area contributed by atoms with Gasteiger partial charge in [-0.3, -0.25) is 19.9 Å². The van der Waals surface area contributed by atoms with Crippen LogP contribution in [0.15, 0.2) is 48.7 Å². The molecule has 0 radical (unpaired) electrons. The smallest absolute Gasteiger partial charge is 0.326 e. The number of pyridine rings is 1. The number of phenolic OH excluding ortho intramolecular Hbond substituents is 1. The molecule has 2 aromatic rings. The Morgan fingerprint density at radius 3 is 2.52 bits per heavy atom. The third-order valence-corrected chi connectivity index (χ3v) is 4.93. The molecule has 0 unspecified atom stereocenters. The molecule has 27 heavy (non-hydrogen) atoms. The van der Waals surface area contributed by atoms with Crippen molar-refractivity contribution in [1.82, 2.24) is 10.3 Å². The fraction of sp³-hybridized carbons (Fsp3) is 0.350. The summed E-state index contributed by atoms with van der Waals surface area (Å²) in [5.74, 6) is -1.30. The number of ether oxygens (including phenoxy) is 2. The highest BCUT2D eigenvalue weighted by molar-refractivity contribution is 5.85. The van der Waals surface area contributed by atoms with Gasteiger partial charge in [-0.15, -0.1) is 0 Å². The molecule has 7 heteroatoms. The number of hydrogen-bond donors (Lipinski definition) is 2. The summed E-state index contributed by atoms with van der Waals surface area (Å²) in [5, 5.41) is 12.8. The van der Waals surface area contributed by atoms with Gasteiger partial charge in [-0.2, -0.15) is 0 Å². The number of nitrogens with zero attached hydrogens (tertiary/aromatic N) is 1. The van der Waals surface area contributed by atoms with Crippen molar-refractivity contribution in [3.8, 4) is 5.75 Å². The van der Waals surface area contributed by atoms with Crippen LogP contribution in [0.1, 0.15) is 23.7 Å². The van der Waals surface area contributed by atoms with Crippen LogP contribution < -0.4 is 5.32 Å². The maximum absolute atomic E-state index is 12.7. The number of phenols is 1. The molecule has 2 heterocycles. The molecule has 1 aromatic heterocycles. The van der Waals surface area contributed by atoms with E-state index in [1.165, 1.54) is 14.2 Å². The van der Waals surface area contributed by atoms with Gasteiger partial charge in [0.1, 0.15) is 11.3 Å². The maximum Gasteiger partial charge on any atom is 0.326 e. The zero-order chi connectivity index (χ0) is 19.4. The number of carbonyl (C=O) groups excluding carboxylic acids is 2. The van der Waals surface area contributed by atoms with Crippen molar-refractivity contribution >= 4 is 11.9 Å². The average molecular weight is 370 g/mol. The predicted octanol–water partition coefficient (Wildman–Crippen LogP) is 1.77. The summed E-state index contributed by atoms with van der Waals surface area (Å²) in [5.41, 5.74) is 0.382. The second-order valence-electron chi connectivity index (χ2n) is 6.63. The summed E-state index contributed by atoms with van der Waals surface area (Å²) in [6.07, 6.45) is 2.16. The lowest BCUT2D eigenvalue weighted by molar-refractivity contribution is -0.148. The number of nitrogens with one attached hydrogen (secondary N) is 1. The van der Waals surface area contributed by atoms with Crippen LogP contribution in [0.3, 0.4) is 0 Å². The quantitative estimate of drug-likeness (QED) is 0.774. The SMILES string of the molecule is COC(=O)[C@@H]1C[C@](Cc2ccc(O)cc2)(C(=O)OC)N[C@@H]1c1ccccn1. The predicted molar refractivity (Wildman–Crippen MR) is 96.8 cm³/mol. The molecule has 0 spiro atoms. The minimum Gasteiger partial charge on any atom is -0.508 e. The second-order valence-corrected chi connectivity index (χ2v) is 6.63. The minimum absolute atomic E-state index is 0.143. The summed E-state index contributed by atoms with van der Waals surface area (Å²) in [6.45, 7) is 0. The van der Waals surface area contributed by atoms with Crippen LogP contribution in [0.5, 0.6) is 5.75 Å². The van der Waals surface area contributed by atoms with Crippen LogP contribution in [0.25, 0.3) is 0 Å². The Labute approximate surface area is 157 Å². The first-order valence-electron chi connectivity index (χ1n) is 8.62. The number of esters is 2. The molecule has 0 bridgehead atoms. The Balaban J connectivity index is 1.99. The van der Waals surface area contributed by atoms with Crippen LogP contribution >= 0.6 is 0 Å². The van der Waals surface area contributed by atoms with Crippen molar-refractivity contribution in [1.29, 1.82) is 0 Å². The minimum atomic E-state index is -1.10. The standard InChI is InChI=1S/C20H22N2O5/c1-26-18(24)15-12-20(19(25)27-2,11-13-6-8-14(23)9-7-13)22-17(15)16-5-3-4-10-21-16/h3-10,15,17,22-23H,11-12H2,1-2H3/t15-,17+,20-/m1/s1. The van der Waals surface area contributed by atoms with Gasteiger partial charge in [0.05, 0.1) is 31.9 Å². The lowest BCUT2D eigenvalue weighted by atomic mass is 9.85. The van der Waals surface area contributed by atoms with E-state index in [-0.39, 0.29) is 12.2 Å². The fourth-order valence-corrected chi connectivity index (χ4v) is 3.66. The number of hydrogen-bond acceptors (Lipinski definition) is 7. The Morgan fingerprint density at radius 1 is 1.19 bits per heavy atom. The molecule has 1 aliphatic rings. The van der Waals surface area contributed by atoms with E-state index in [1.54, 1.807) is 36.5 Å². The molecule has 1 aliphatic heterocycles. The van der Waals surface area contributed by atoms with Gasteiger partial charge in [0.15, 0.2) is 0 Å². The van der Waals surface area contributed by atoms with Crippen molar-refractivity contribution in [2.24, 2.45) is 5.92 Å². The van der Waals surface area contributed by atoms with Crippen LogP contribution in [0, 0.1) is 5.92 Å². The Hall–Kier alpha value is -2.93. The van der Waals surface area contributed by atoms with Gasteiger partial charge in [-0.05, 0) is 36.2 Å². The molecule has 7 nitrogen and oxygen atoms in total. The van der Waals surface area contributed by atoms with Crippen LogP contribution in [0.4, 0.5) is 0 Å². The Bertz CT molecular complexity index is 809. The molecule has 1 saturated heterocycles.